The number of piperidine rings is 1. The van der Waals surface area contributed by atoms with Crippen molar-refractivity contribution in [2.45, 2.75) is 25.1 Å². The van der Waals surface area contributed by atoms with Crippen molar-refractivity contribution in [2.75, 3.05) is 13.1 Å². The lowest BCUT2D eigenvalue weighted by Crippen LogP contribution is -2.45. The third-order valence-corrected chi connectivity index (χ3v) is 2.96. The standard InChI is InChI=1S/C12H14F3N3O/c13-12(14,15)8-3-4-10(17-6-8)11(19)18-9-2-1-5-16-7-9/h3-4,6,9,16H,1-2,5,7H2,(H,18,19)/t9-/m0/s1. The highest BCUT2D eigenvalue weighted by molar-refractivity contribution is 5.92. The highest BCUT2D eigenvalue weighted by Gasteiger charge is 2.31. The zero-order valence-electron chi connectivity index (χ0n) is 10.1. The highest BCUT2D eigenvalue weighted by atomic mass is 19.4. The van der Waals surface area contributed by atoms with Crippen LogP contribution in [-0.4, -0.2) is 30.0 Å². The molecule has 0 radical (unpaired) electrons. The van der Waals surface area contributed by atoms with Crippen molar-refractivity contribution < 1.29 is 18.0 Å². The van der Waals surface area contributed by atoms with E-state index in [1.165, 1.54) is 0 Å². The largest absolute Gasteiger partial charge is 0.417 e. The molecule has 1 atom stereocenters. The second kappa shape index (κ2) is 5.56. The van der Waals surface area contributed by atoms with Gasteiger partial charge in [-0.2, -0.15) is 13.2 Å². The van der Waals surface area contributed by atoms with Crippen LogP contribution in [0.1, 0.15) is 28.9 Å². The predicted octanol–water partition coefficient (Wildman–Crippen LogP) is 1.58. The van der Waals surface area contributed by atoms with Gasteiger partial charge in [0, 0.05) is 18.8 Å². The molecular formula is C12H14F3N3O. The van der Waals surface area contributed by atoms with Crippen LogP contribution in [0, 0.1) is 0 Å². The van der Waals surface area contributed by atoms with Crippen molar-refractivity contribution >= 4 is 5.91 Å². The van der Waals surface area contributed by atoms with Crippen LogP contribution in [0.25, 0.3) is 0 Å². The van der Waals surface area contributed by atoms with E-state index >= 15 is 0 Å². The van der Waals surface area contributed by atoms with Crippen molar-refractivity contribution in [1.82, 2.24) is 15.6 Å². The minimum absolute atomic E-state index is 0.00132. The topological polar surface area (TPSA) is 54.0 Å². The Morgan fingerprint density at radius 2 is 2.21 bits per heavy atom. The first-order valence-electron chi connectivity index (χ1n) is 6.01. The Kier molecular flexibility index (Phi) is 4.04. The Morgan fingerprint density at radius 1 is 1.42 bits per heavy atom. The molecule has 104 valence electrons. The van der Waals surface area contributed by atoms with E-state index in [9.17, 15) is 18.0 Å². The normalized spacial score (nSPS) is 20.1. The maximum atomic E-state index is 12.3. The number of nitrogens with one attached hydrogen (secondary N) is 2. The van der Waals surface area contributed by atoms with E-state index in [0.717, 1.165) is 31.5 Å². The van der Waals surface area contributed by atoms with Gasteiger partial charge >= 0.3 is 6.18 Å². The summed E-state index contributed by atoms with van der Waals surface area (Å²) in [5, 5.41) is 5.88. The molecule has 7 heteroatoms. The molecule has 1 fully saturated rings. The first-order valence-corrected chi connectivity index (χ1v) is 6.01. The first kappa shape index (κ1) is 13.8. The van der Waals surface area contributed by atoms with Crippen molar-refractivity contribution in [2.24, 2.45) is 0 Å². The summed E-state index contributed by atoms with van der Waals surface area (Å²) < 4.78 is 37.0. The molecule has 4 nitrogen and oxygen atoms in total. The van der Waals surface area contributed by atoms with Gasteiger partial charge in [0.15, 0.2) is 0 Å². The van der Waals surface area contributed by atoms with Crippen LogP contribution in [0.2, 0.25) is 0 Å². The van der Waals surface area contributed by atoms with E-state index in [1.54, 1.807) is 0 Å². The van der Waals surface area contributed by atoms with Gasteiger partial charge in [0.1, 0.15) is 5.69 Å². The zero-order chi connectivity index (χ0) is 13.9. The molecule has 1 amide bonds. The average molecular weight is 273 g/mol. The van der Waals surface area contributed by atoms with E-state index in [-0.39, 0.29) is 11.7 Å². The number of carbonyl (C=O) groups is 1. The van der Waals surface area contributed by atoms with Crippen LogP contribution in [0.15, 0.2) is 18.3 Å². The zero-order valence-corrected chi connectivity index (χ0v) is 10.1. The summed E-state index contributed by atoms with van der Waals surface area (Å²) in [5.41, 5.74) is -0.859. The van der Waals surface area contributed by atoms with Gasteiger partial charge < -0.3 is 10.6 Å². The molecule has 1 saturated heterocycles. The van der Waals surface area contributed by atoms with E-state index < -0.39 is 17.6 Å². The van der Waals surface area contributed by atoms with Gasteiger partial charge in [0.05, 0.1) is 5.56 Å². The second-order valence-corrected chi connectivity index (χ2v) is 4.45. The van der Waals surface area contributed by atoms with Gasteiger partial charge in [-0.1, -0.05) is 0 Å². The first-order chi connectivity index (χ1) is 8.97. The number of alkyl halides is 3. The average Bonchev–Trinajstić information content (AvgIpc) is 2.39. The third-order valence-electron chi connectivity index (χ3n) is 2.96. The fourth-order valence-electron chi connectivity index (χ4n) is 1.93. The highest BCUT2D eigenvalue weighted by Crippen LogP contribution is 2.28. The summed E-state index contributed by atoms with van der Waals surface area (Å²) in [5.74, 6) is -0.442. The SMILES string of the molecule is O=C(N[C@H]1CCCNC1)c1ccc(C(F)(F)F)cn1. The predicted molar refractivity (Wildman–Crippen MR) is 62.6 cm³/mol. The number of rotatable bonds is 2. The second-order valence-electron chi connectivity index (χ2n) is 4.45. The lowest BCUT2D eigenvalue weighted by molar-refractivity contribution is -0.137. The molecule has 1 aliphatic heterocycles. The lowest BCUT2D eigenvalue weighted by atomic mass is 10.1. The Hall–Kier alpha value is -1.63. The molecule has 0 spiro atoms. The van der Waals surface area contributed by atoms with Gasteiger partial charge in [-0.25, -0.2) is 0 Å². The number of amides is 1. The van der Waals surface area contributed by atoms with E-state index in [4.69, 9.17) is 0 Å². The minimum Gasteiger partial charge on any atom is -0.347 e. The fourth-order valence-corrected chi connectivity index (χ4v) is 1.93. The van der Waals surface area contributed by atoms with Crippen LogP contribution in [0.5, 0.6) is 0 Å². The van der Waals surface area contributed by atoms with Gasteiger partial charge in [-0.3, -0.25) is 9.78 Å². The maximum Gasteiger partial charge on any atom is 0.417 e. The van der Waals surface area contributed by atoms with E-state index in [1.807, 2.05) is 0 Å². The molecule has 1 aliphatic rings. The van der Waals surface area contributed by atoms with Crippen molar-refractivity contribution in [3.8, 4) is 0 Å². The molecule has 2 rings (SSSR count). The maximum absolute atomic E-state index is 12.3. The van der Waals surface area contributed by atoms with Crippen LogP contribution in [0.4, 0.5) is 13.2 Å². The van der Waals surface area contributed by atoms with Gasteiger partial charge in [0.25, 0.3) is 5.91 Å². The number of pyridine rings is 1. The van der Waals surface area contributed by atoms with Crippen molar-refractivity contribution in [3.05, 3.63) is 29.6 Å². The summed E-state index contributed by atoms with van der Waals surface area (Å²) in [7, 11) is 0. The lowest BCUT2D eigenvalue weighted by Gasteiger charge is -2.23. The summed E-state index contributed by atoms with van der Waals surface area (Å²) in [6, 6.07) is 1.96. The molecule has 0 saturated carbocycles. The van der Waals surface area contributed by atoms with Crippen LogP contribution in [-0.2, 0) is 6.18 Å². The molecule has 2 N–H and O–H groups in total. The number of hydrogen-bond donors (Lipinski definition) is 2. The Bertz CT molecular complexity index is 439. The molecule has 19 heavy (non-hydrogen) atoms. The quantitative estimate of drug-likeness (QED) is 0.860. The Balaban J connectivity index is 1.99. The number of hydrogen-bond acceptors (Lipinski definition) is 3. The van der Waals surface area contributed by atoms with Crippen LogP contribution < -0.4 is 10.6 Å². The van der Waals surface area contributed by atoms with E-state index in [0.29, 0.717) is 12.7 Å². The van der Waals surface area contributed by atoms with Crippen molar-refractivity contribution in [3.63, 3.8) is 0 Å². The number of carbonyl (C=O) groups excluding carboxylic acids is 1. The fraction of sp³-hybridized carbons (Fsp3) is 0.500. The summed E-state index contributed by atoms with van der Waals surface area (Å²) >= 11 is 0. The van der Waals surface area contributed by atoms with Gasteiger partial charge in [-0.15, -0.1) is 0 Å². The monoisotopic (exact) mass is 273 g/mol. The molecule has 1 aromatic heterocycles. The molecule has 2 heterocycles. The van der Waals surface area contributed by atoms with Gasteiger partial charge in [0.2, 0.25) is 0 Å². The number of nitrogens with zero attached hydrogens (tertiary/aromatic N) is 1. The van der Waals surface area contributed by atoms with Crippen LogP contribution in [0.3, 0.4) is 0 Å². The Morgan fingerprint density at radius 3 is 2.74 bits per heavy atom. The summed E-state index contributed by atoms with van der Waals surface area (Å²) in [4.78, 5) is 15.3. The number of halogens is 3. The summed E-state index contributed by atoms with van der Waals surface area (Å²) in [6.45, 7) is 1.59. The summed E-state index contributed by atoms with van der Waals surface area (Å²) in [6.07, 6.45) is -1.94. The Labute approximate surface area is 108 Å². The smallest absolute Gasteiger partial charge is 0.347 e. The number of aromatic nitrogens is 1. The molecule has 0 unspecified atom stereocenters. The van der Waals surface area contributed by atoms with E-state index in [2.05, 4.69) is 15.6 Å². The van der Waals surface area contributed by atoms with Gasteiger partial charge in [-0.05, 0) is 31.5 Å². The van der Waals surface area contributed by atoms with Crippen molar-refractivity contribution in [1.29, 1.82) is 0 Å². The molecule has 0 aromatic carbocycles. The molecule has 0 aliphatic carbocycles. The van der Waals surface area contributed by atoms with Crippen LogP contribution >= 0.6 is 0 Å². The molecule has 0 bridgehead atoms. The molecular weight excluding hydrogens is 259 g/mol. The minimum atomic E-state index is -4.44. The third kappa shape index (κ3) is 3.66. The molecule has 1 aromatic rings.